The van der Waals surface area contributed by atoms with E-state index in [-0.39, 0.29) is 5.43 Å². The molecule has 3 rings (SSSR count). The van der Waals surface area contributed by atoms with E-state index >= 15 is 0 Å². The molecule has 3 nitrogen and oxygen atoms in total. The summed E-state index contributed by atoms with van der Waals surface area (Å²) in [7, 11) is 0. The molecule has 1 aliphatic rings. The normalized spacial score (nSPS) is 13.9. The van der Waals surface area contributed by atoms with Crippen LogP contribution in [0.2, 0.25) is 5.02 Å². The fourth-order valence-electron chi connectivity index (χ4n) is 1.89. The van der Waals surface area contributed by atoms with Crippen LogP contribution in [0.4, 0.5) is 0 Å². The monoisotopic (exact) mass is 221 g/mol. The number of pyridine rings is 1. The van der Waals surface area contributed by atoms with Gasteiger partial charge in [-0.1, -0.05) is 11.6 Å². The maximum Gasteiger partial charge on any atom is 0.198 e. The van der Waals surface area contributed by atoms with Crippen LogP contribution in [0.15, 0.2) is 23.0 Å². The summed E-state index contributed by atoms with van der Waals surface area (Å²) < 4.78 is 5.33. The quantitative estimate of drug-likeness (QED) is 0.741. The number of halogens is 1. The SMILES string of the molecule is O=c1c2c([nH]c3cc(Cl)ccc13)OCC2. The highest BCUT2D eigenvalue weighted by Gasteiger charge is 2.18. The molecule has 0 unspecified atom stereocenters. The summed E-state index contributed by atoms with van der Waals surface area (Å²) in [6.07, 6.45) is 0.684. The Labute approximate surface area is 90.6 Å². The summed E-state index contributed by atoms with van der Waals surface area (Å²) >= 11 is 5.86. The number of nitrogens with one attached hydrogen (secondary N) is 1. The molecule has 1 aromatic heterocycles. The molecule has 2 heterocycles. The van der Waals surface area contributed by atoms with Crippen LogP contribution in [0, 0.1) is 0 Å². The molecule has 0 saturated carbocycles. The molecule has 76 valence electrons. The van der Waals surface area contributed by atoms with Crippen LogP contribution in [-0.2, 0) is 6.42 Å². The second kappa shape index (κ2) is 3.00. The van der Waals surface area contributed by atoms with E-state index in [1.807, 2.05) is 0 Å². The molecule has 0 spiro atoms. The highest BCUT2D eigenvalue weighted by molar-refractivity contribution is 6.31. The zero-order chi connectivity index (χ0) is 10.4. The molecule has 1 N–H and O–H groups in total. The maximum atomic E-state index is 12.0. The largest absolute Gasteiger partial charge is 0.478 e. The van der Waals surface area contributed by atoms with Crippen LogP contribution in [0.3, 0.4) is 0 Å². The molecule has 0 atom stereocenters. The van der Waals surface area contributed by atoms with Gasteiger partial charge in [0.1, 0.15) is 0 Å². The van der Waals surface area contributed by atoms with Crippen molar-refractivity contribution in [3.05, 3.63) is 39.0 Å². The van der Waals surface area contributed by atoms with Gasteiger partial charge in [-0.05, 0) is 18.2 Å². The lowest BCUT2D eigenvalue weighted by molar-refractivity contribution is 0.346. The Morgan fingerprint density at radius 3 is 3.13 bits per heavy atom. The van der Waals surface area contributed by atoms with Gasteiger partial charge in [-0.25, -0.2) is 0 Å². The van der Waals surface area contributed by atoms with Crippen molar-refractivity contribution < 1.29 is 4.74 Å². The first-order valence-electron chi connectivity index (χ1n) is 4.73. The predicted molar refractivity (Wildman–Crippen MR) is 58.8 cm³/mol. The predicted octanol–water partition coefficient (Wildman–Crippen LogP) is 2.12. The average molecular weight is 222 g/mol. The Kier molecular flexibility index (Phi) is 1.76. The fraction of sp³-hybridized carbons (Fsp3) is 0.182. The maximum absolute atomic E-state index is 12.0. The van der Waals surface area contributed by atoms with Crippen molar-refractivity contribution >= 4 is 22.5 Å². The summed E-state index contributed by atoms with van der Waals surface area (Å²) in [5.41, 5.74) is 1.52. The van der Waals surface area contributed by atoms with Gasteiger partial charge in [0.25, 0.3) is 0 Å². The van der Waals surface area contributed by atoms with Gasteiger partial charge >= 0.3 is 0 Å². The first-order valence-corrected chi connectivity index (χ1v) is 5.11. The Morgan fingerprint density at radius 1 is 1.40 bits per heavy atom. The third kappa shape index (κ3) is 1.23. The molecule has 15 heavy (non-hydrogen) atoms. The lowest BCUT2D eigenvalue weighted by Gasteiger charge is -2.02. The molecule has 0 radical (unpaired) electrons. The number of H-pyrrole nitrogens is 1. The standard InChI is InChI=1S/C11H8ClNO2/c12-6-1-2-7-9(5-6)13-11-8(10(7)14)3-4-15-11/h1-2,5H,3-4H2,(H,13,14). The molecule has 1 aliphatic heterocycles. The lowest BCUT2D eigenvalue weighted by atomic mass is 10.1. The topological polar surface area (TPSA) is 42.1 Å². The molecule has 0 saturated heterocycles. The molecule has 2 aromatic rings. The van der Waals surface area contributed by atoms with E-state index in [1.165, 1.54) is 0 Å². The van der Waals surface area contributed by atoms with Crippen molar-refractivity contribution in [3.63, 3.8) is 0 Å². The molecular formula is C11H8ClNO2. The van der Waals surface area contributed by atoms with Gasteiger partial charge in [0.05, 0.1) is 17.7 Å². The Balaban J connectivity index is 2.46. The first kappa shape index (κ1) is 8.80. The second-order valence-electron chi connectivity index (χ2n) is 3.55. The zero-order valence-corrected chi connectivity index (χ0v) is 8.60. The van der Waals surface area contributed by atoms with E-state index in [2.05, 4.69) is 4.98 Å². The van der Waals surface area contributed by atoms with Crippen LogP contribution >= 0.6 is 11.6 Å². The lowest BCUT2D eigenvalue weighted by Crippen LogP contribution is -2.07. The van der Waals surface area contributed by atoms with Crippen molar-refractivity contribution in [1.82, 2.24) is 4.98 Å². The molecule has 1 aromatic carbocycles. The smallest absolute Gasteiger partial charge is 0.198 e. The van der Waals surface area contributed by atoms with Gasteiger partial charge in [0, 0.05) is 16.8 Å². The summed E-state index contributed by atoms with van der Waals surface area (Å²) in [4.78, 5) is 15.1. The molecule has 0 amide bonds. The summed E-state index contributed by atoms with van der Waals surface area (Å²) in [5.74, 6) is 0.592. The Morgan fingerprint density at radius 2 is 2.27 bits per heavy atom. The van der Waals surface area contributed by atoms with Crippen molar-refractivity contribution in [2.75, 3.05) is 6.61 Å². The minimum Gasteiger partial charge on any atom is -0.478 e. The first-order chi connectivity index (χ1) is 7.25. The van der Waals surface area contributed by atoms with Crippen molar-refractivity contribution in [2.45, 2.75) is 6.42 Å². The Bertz CT molecular complexity index is 603. The number of fused-ring (bicyclic) bond motifs is 2. The summed E-state index contributed by atoms with van der Waals surface area (Å²) in [5, 5.41) is 1.28. The van der Waals surface area contributed by atoms with Crippen LogP contribution in [0.1, 0.15) is 5.56 Å². The number of hydrogen-bond donors (Lipinski definition) is 1. The molecule has 0 aliphatic carbocycles. The van der Waals surface area contributed by atoms with E-state index in [4.69, 9.17) is 16.3 Å². The third-order valence-electron chi connectivity index (χ3n) is 2.62. The van der Waals surface area contributed by atoms with E-state index in [9.17, 15) is 4.79 Å². The van der Waals surface area contributed by atoms with Gasteiger partial charge in [0.15, 0.2) is 11.3 Å². The molecular weight excluding hydrogens is 214 g/mol. The van der Waals surface area contributed by atoms with E-state index < -0.39 is 0 Å². The molecule has 4 heteroatoms. The van der Waals surface area contributed by atoms with Gasteiger partial charge in [-0.3, -0.25) is 4.79 Å². The van der Waals surface area contributed by atoms with Crippen molar-refractivity contribution in [3.8, 4) is 5.88 Å². The zero-order valence-electron chi connectivity index (χ0n) is 7.84. The minimum absolute atomic E-state index is 0.0490. The number of aromatic amines is 1. The van der Waals surface area contributed by atoms with E-state index in [0.29, 0.717) is 29.3 Å². The second-order valence-corrected chi connectivity index (χ2v) is 3.99. The average Bonchev–Trinajstić information content (AvgIpc) is 2.65. The highest BCUT2D eigenvalue weighted by atomic mass is 35.5. The van der Waals surface area contributed by atoms with Crippen LogP contribution in [-0.4, -0.2) is 11.6 Å². The Hall–Kier alpha value is -1.48. The summed E-state index contributed by atoms with van der Waals surface area (Å²) in [6, 6.07) is 5.21. The minimum atomic E-state index is 0.0490. The third-order valence-corrected chi connectivity index (χ3v) is 2.86. The fourth-order valence-corrected chi connectivity index (χ4v) is 2.06. The van der Waals surface area contributed by atoms with Crippen molar-refractivity contribution in [2.24, 2.45) is 0 Å². The van der Waals surface area contributed by atoms with Gasteiger partial charge in [-0.2, -0.15) is 0 Å². The van der Waals surface area contributed by atoms with Crippen LogP contribution in [0.5, 0.6) is 5.88 Å². The van der Waals surface area contributed by atoms with E-state index in [1.54, 1.807) is 18.2 Å². The van der Waals surface area contributed by atoms with Crippen LogP contribution < -0.4 is 10.2 Å². The number of hydrogen-bond acceptors (Lipinski definition) is 2. The van der Waals surface area contributed by atoms with Crippen LogP contribution in [0.25, 0.3) is 10.9 Å². The van der Waals surface area contributed by atoms with Crippen molar-refractivity contribution in [1.29, 1.82) is 0 Å². The number of benzene rings is 1. The van der Waals surface area contributed by atoms with Gasteiger partial charge in [-0.15, -0.1) is 0 Å². The molecule has 0 fully saturated rings. The number of rotatable bonds is 0. The summed E-state index contributed by atoms with van der Waals surface area (Å²) in [6.45, 7) is 0.575. The number of aromatic nitrogens is 1. The number of ether oxygens (including phenoxy) is 1. The van der Waals surface area contributed by atoms with E-state index in [0.717, 1.165) is 11.1 Å². The molecule has 0 bridgehead atoms. The van der Waals surface area contributed by atoms with Gasteiger partial charge < -0.3 is 9.72 Å². The van der Waals surface area contributed by atoms with Gasteiger partial charge in [0.2, 0.25) is 0 Å². The highest BCUT2D eigenvalue weighted by Crippen LogP contribution is 2.24.